The van der Waals surface area contributed by atoms with Gasteiger partial charge in [0.2, 0.25) is 0 Å². The number of H-pyrrole nitrogens is 1. The Morgan fingerprint density at radius 3 is 2.65 bits per heavy atom. The van der Waals surface area contributed by atoms with Crippen LogP contribution in [0.1, 0.15) is 44.9 Å². The van der Waals surface area contributed by atoms with Crippen LogP contribution < -0.4 is 11.1 Å². The van der Waals surface area contributed by atoms with Crippen LogP contribution in [-0.4, -0.2) is 41.7 Å². The quantitative estimate of drug-likeness (QED) is 0.263. The molecule has 4 rings (SSSR count). The first-order chi connectivity index (χ1) is 16.1. The van der Waals surface area contributed by atoms with Crippen LogP contribution in [0.15, 0.2) is 18.3 Å². The zero-order valence-corrected chi connectivity index (χ0v) is 18.4. The Bertz CT molecular complexity index is 1460. The maximum Gasteiger partial charge on any atom is 0.343 e. The molecule has 0 fully saturated rings. The van der Waals surface area contributed by atoms with Gasteiger partial charge in [-0.2, -0.15) is 5.10 Å². The molecule has 0 aromatic carbocycles. The van der Waals surface area contributed by atoms with E-state index in [-0.39, 0.29) is 32.0 Å². The molecular weight excluding hydrogens is 474 g/mol. The summed E-state index contributed by atoms with van der Waals surface area (Å²) >= 11 is 0.741. The number of alkyl halides is 2. The van der Waals surface area contributed by atoms with Crippen LogP contribution >= 0.6 is 11.3 Å². The van der Waals surface area contributed by atoms with Gasteiger partial charge in [0.15, 0.2) is 5.69 Å². The van der Waals surface area contributed by atoms with E-state index in [0.29, 0.717) is 17.8 Å². The molecule has 176 valence electrons. The smallest absolute Gasteiger partial charge is 0.343 e. The Kier molecular flexibility index (Phi) is 5.78. The molecule has 4 aromatic rings. The van der Waals surface area contributed by atoms with Crippen molar-refractivity contribution in [2.75, 3.05) is 5.32 Å². The summed E-state index contributed by atoms with van der Waals surface area (Å²) in [4.78, 5) is 39.0. The van der Waals surface area contributed by atoms with E-state index in [4.69, 9.17) is 5.73 Å². The molecule has 0 saturated heterocycles. The number of primary amides is 1. The maximum atomic E-state index is 13.6. The van der Waals surface area contributed by atoms with Crippen LogP contribution in [0.25, 0.3) is 21.3 Å². The lowest BCUT2D eigenvalue weighted by molar-refractivity contribution is -0.389. The number of aromatic nitrogens is 5. The highest BCUT2D eigenvalue weighted by Gasteiger charge is 2.27. The number of anilines is 1. The topological polar surface area (TPSA) is 175 Å². The second kappa shape index (κ2) is 8.58. The Morgan fingerprint density at radius 1 is 1.35 bits per heavy atom. The normalized spacial score (nSPS) is 11.3. The summed E-state index contributed by atoms with van der Waals surface area (Å²) in [5.41, 5.74) is 6.02. The molecule has 0 unspecified atom stereocenters. The molecule has 15 heteroatoms. The van der Waals surface area contributed by atoms with Gasteiger partial charge in [0.25, 0.3) is 18.2 Å². The summed E-state index contributed by atoms with van der Waals surface area (Å²) in [5.74, 6) is -2.31. The van der Waals surface area contributed by atoms with Gasteiger partial charge in [-0.05, 0) is 30.4 Å². The number of carbonyl (C=O) groups excluding carboxylic acids is 2. The molecule has 0 bridgehead atoms. The third kappa shape index (κ3) is 3.85. The van der Waals surface area contributed by atoms with Crippen molar-refractivity contribution in [1.82, 2.24) is 25.0 Å². The average Bonchev–Trinajstić information content (AvgIpc) is 3.50. The number of aryl methyl sites for hydroxylation is 1. The van der Waals surface area contributed by atoms with Crippen molar-refractivity contribution in [2.45, 2.75) is 26.8 Å². The predicted molar refractivity (Wildman–Crippen MR) is 118 cm³/mol. The Hall–Kier alpha value is -4.27. The summed E-state index contributed by atoms with van der Waals surface area (Å²) in [6, 6.07) is 2.08. The van der Waals surface area contributed by atoms with E-state index in [1.165, 1.54) is 12.3 Å². The number of halogens is 2. The number of pyridine rings is 1. The van der Waals surface area contributed by atoms with Gasteiger partial charge in [0.1, 0.15) is 15.4 Å². The number of rotatable bonds is 7. The lowest BCUT2D eigenvalue weighted by atomic mass is 10.0. The van der Waals surface area contributed by atoms with Gasteiger partial charge < -0.3 is 21.2 Å². The van der Waals surface area contributed by atoms with E-state index in [0.717, 1.165) is 17.4 Å². The first-order valence-corrected chi connectivity index (χ1v) is 10.5. The van der Waals surface area contributed by atoms with Crippen LogP contribution in [0.5, 0.6) is 0 Å². The molecule has 0 aliphatic rings. The highest BCUT2D eigenvalue weighted by molar-refractivity contribution is 7.21. The third-order valence-electron chi connectivity index (χ3n) is 5.05. The van der Waals surface area contributed by atoms with Crippen LogP contribution in [0.3, 0.4) is 0 Å². The van der Waals surface area contributed by atoms with E-state index in [2.05, 4.69) is 25.6 Å². The van der Waals surface area contributed by atoms with Crippen LogP contribution in [0.4, 0.5) is 20.3 Å². The molecule has 4 heterocycles. The average molecular weight is 490 g/mol. The highest BCUT2D eigenvalue weighted by Crippen LogP contribution is 2.43. The van der Waals surface area contributed by atoms with Crippen molar-refractivity contribution in [1.29, 1.82) is 0 Å². The summed E-state index contributed by atoms with van der Waals surface area (Å²) < 4.78 is 28.9. The monoisotopic (exact) mass is 490 g/mol. The zero-order chi connectivity index (χ0) is 24.7. The minimum atomic E-state index is -2.90. The fourth-order valence-electron chi connectivity index (χ4n) is 3.46. The van der Waals surface area contributed by atoms with Gasteiger partial charge in [-0.15, -0.1) is 16.4 Å². The number of nitrogens with zero attached hydrogens (tertiary/aromatic N) is 5. The van der Waals surface area contributed by atoms with Crippen molar-refractivity contribution in [3.63, 3.8) is 0 Å². The van der Waals surface area contributed by atoms with Gasteiger partial charge >= 0.3 is 5.82 Å². The van der Waals surface area contributed by atoms with E-state index in [9.17, 15) is 28.5 Å². The summed E-state index contributed by atoms with van der Waals surface area (Å²) in [6.45, 7) is 4.14. The molecule has 0 radical (unpaired) electrons. The number of nitro groups is 1. The van der Waals surface area contributed by atoms with Gasteiger partial charge in [0, 0.05) is 23.2 Å². The van der Waals surface area contributed by atoms with E-state index >= 15 is 0 Å². The number of nitrogens with one attached hydrogen (secondary N) is 2. The number of aromatic amines is 1. The molecule has 12 nitrogen and oxygen atoms in total. The van der Waals surface area contributed by atoms with Crippen molar-refractivity contribution >= 4 is 44.9 Å². The van der Waals surface area contributed by atoms with E-state index in [1.807, 2.05) is 6.92 Å². The maximum absolute atomic E-state index is 13.6. The van der Waals surface area contributed by atoms with Gasteiger partial charge in [-0.3, -0.25) is 14.3 Å². The number of nitrogens with two attached hydrogens (primary N) is 1. The Labute approximate surface area is 192 Å². The van der Waals surface area contributed by atoms with E-state index in [1.54, 1.807) is 11.6 Å². The van der Waals surface area contributed by atoms with Crippen molar-refractivity contribution in [3.05, 3.63) is 50.4 Å². The van der Waals surface area contributed by atoms with Gasteiger partial charge in [-0.1, -0.05) is 5.10 Å². The van der Waals surface area contributed by atoms with Gasteiger partial charge in [0.05, 0.1) is 18.0 Å². The predicted octanol–water partition coefficient (Wildman–Crippen LogP) is 3.41. The first kappa shape index (κ1) is 22.9. The first-order valence-electron chi connectivity index (χ1n) is 9.71. The molecule has 0 atom stereocenters. The largest absolute Gasteiger partial charge is 0.365 e. The zero-order valence-electron chi connectivity index (χ0n) is 17.6. The summed E-state index contributed by atoms with van der Waals surface area (Å²) in [5, 5.41) is 23.5. The Balaban J connectivity index is 1.95. The SMILES string of the molecule is CCn1ncc(-c2cc(C(F)F)nc3sc(C(N)=O)c(NC(=O)c4cc([N+](=O)[O-])[nH]n4)c23)c1C. The molecule has 0 spiro atoms. The van der Waals surface area contributed by atoms with Gasteiger partial charge in [-0.25, -0.2) is 13.8 Å². The standard InChI is InChI=1S/C19H16F2N8O4S/c1-3-28-7(2)9(6-23-28)8-4-10(16(20)21)24-19-13(8)14(15(34-19)17(22)30)25-18(31)11-5-12(27-26-11)29(32)33/h4-6,16H,3H2,1-2H3,(H2,22,30)(H,25,31)(H,26,27). The second-order valence-corrected chi connectivity index (χ2v) is 8.05. The fourth-order valence-corrected chi connectivity index (χ4v) is 4.48. The number of carbonyl (C=O) groups is 2. The summed E-state index contributed by atoms with van der Waals surface area (Å²) in [6.07, 6.45) is -1.40. The lowest BCUT2D eigenvalue weighted by Gasteiger charge is -2.10. The van der Waals surface area contributed by atoms with Crippen LogP contribution in [0.2, 0.25) is 0 Å². The molecule has 0 aliphatic heterocycles. The Morgan fingerprint density at radius 2 is 2.09 bits per heavy atom. The number of hydrogen-bond donors (Lipinski definition) is 3. The molecule has 2 amide bonds. The number of fused-ring (bicyclic) bond motifs is 1. The third-order valence-corrected chi connectivity index (χ3v) is 6.15. The summed E-state index contributed by atoms with van der Waals surface area (Å²) in [7, 11) is 0. The van der Waals surface area contributed by atoms with E-state index < -0.39 is 34.7 Å². The number of thiophene rings is 1. The molecular formula is C19H16F2N8O4S. The van der Waals surface area contributed by atoms with Crippen molar-refractivity contribution in [3.8, 4) is 11.1 Å². The van der Waals surface area contributed by atoms with Crippen molar-refractivity contribution in [2.24, 2.45) is 5.73 Å². The highest BCUT2D eigenvalue weighted by atomic mass is 32.1. The van der Waals surface area contributed by atoms with Crippen molar-refractivity contribution < 1.29 is 23.3 Å². The van der Waals surface area contributed by atoms with Crippen LogP contribution in [0, 0.1) is 17.0 Å². The molecule has 0 aliphatic carbocycles. The number of amides is 2. The number of hydrogen-bond acceptors (Lipinski definition) is 8. The fraction of sp³-hybridized carbons (Fsp3) is 0.211. The minimum absolute atomic E-state index is 0.0496. The second-order valence-electron chi connectivity index (χ2n) is 7.06. The lowest BCUT2D eigenvalue weighted by Crippen LogP contribution is -2.17. The molecule has 4 N–H and O–H groups in total. The van der Waals surface area contributed by atoms with Crippen LogP contribution in [-0.2, 0) is 6.54 Å². The molecule has 34 heavy (non-hydrogen) atoms. The molecule has 0 saturated carbocycles. The minimum Gasteiger partial charge on any atom is -0.365 e. The molecule has 4 aromatic heterocycles.